The second-order valence-corrected chi connectivity index (χ2v) is 18.8. The number of rotatable bonds is 15. The summed E-state index contributed by atoms with van der Waals surface area (Å²) in [5, 5.41) is 2.68. The number of quaternary nitrogens is 1. The highest BCUT2D eigenvalue weighted by Gasteiger charge is 2.59. The van der Waals surface area contributed by atoms with Gasteiger partial charge in [-0.1, -0.05) is 66.0 Å². The molecule has 0 bridgehead atoms. The molecule has 8 nitrogen and oxygen atoms in total. The summed E-state index contributed by atoms with van der Waals surface area (Å²) in [6.07, 6.45) is 15.4. The Morgan fingerprint density at radius 1 is 1.04 bits per heavy atom. The van der Waals surface area contributed by atoms with Crippen molar-refractivity contribution in [2.24, 2.45) is 52.3 Å². The Kier molecular flexibility index (Phi) is 12.6. The second-order valence-electron chi connectivity index (χ2n) is 17.3. The number of fused-ring (bicyclic) bond motifs is 5. The van der Waals surface area contributed by atoms with E-state index < -0.39 is 13.9 Å². The van der Waals surface area contributed by atoms with E-state index in [0.29, 0.717) is 16.4 Å². The number of nitrogens with one attached hydrogen (secondary N) is 1. The van der Waals surface area contributed by atoms with Gasteiger partial charge in [0.15, 0.2) is 0 Å². The van der Waals surface area contributed by atoms with Gasteiger partial charge in [-0.3, -0.25) is 9.05 Å². The largest absolute Gasteiger partial charge is 0.472 e. The van der Waals surface area contributed by atoms with Gasteiger partial charge in [0.25, 0.3) is 0 Å². The predicted molar refractivity (Wildman–Crippen MR) is 185 cm³/mol. The fourth-order valence-electron chi connectivity index (χ4n) is 10.4. The highest BCUT2D eigenvalue weighted by atomic mass is 31.2. The molecule has 4 rings (SSSR count). The summed E-state index contributed by atoms with van der Waals surface area (Å²) in [6.45, 7) is 15.5. The lowest BCUT2D eigenvalue weighted by molar-refractivity contribution is -0.870. The molecule has 1 unspecified atom stereocenters. The summed E-state index contributed by atoms with van der Waals surface area (Å²) in [5.41, 5.74) is 2.18. The molecule has 0 saturated heterocycles. The van der Waals surface area contributed by atoms with Crippen LogP contribution in [0.15, 0.2) is 11.6 Å². The highest BCUT2D eigenvalue weighted by molar-refractivity contribution is 7.47. The van der Waals surface area contributed by atoms with Gasteiger partial charge in [-0.15, -0.1) is 0 Å². The van der Waals surface area contributed by atoms with Gasteiger partial charge in [-0.2, -0.15) is 0 Å². The first-order chi connectivity index (χ1) is 21.5. The predicted octanol–water partition coefficient (Wildman–Crippen LogP) is 8.60. The molecule has 3 fully saturated rings. The number of carbonyl (C=O) groups is 1. The Hall–Kier alpha value is -0.920. The van der Waals surface area contributed by atoms with Gasteiger partial charge >= 0.3 is 13.9 Å². The van der Waals surface area contributed by atoms with Crippen LogP contribution < -0.4 is 5.32 Å². The number of carbonyl (C=O) groups excluding carboxylic acids is 1. The minimum absolute atomic E-state index is 0.0790. The Bertz CT molecular complexity index is 1110. The second kappa shape index (κ2) is 15.3. The molecule has 0 aromatic rings. The van der Waals surface area contributed by atoms with Crippen LogP contribution in [0, 0.1) is 52.3 Å². The molecule has 0 aromatic carbocycles. The van der Waals surface area contributed by atoms with Gasteiger partial charge < -0.3 is 19.4 Å². The van der Waals surface area contributed by atoms with Crippen molar-refractivity contribution in [3.63, 3.8) is 0 Å². The Labute approximate surface area is 281 Å². The van der Waals surface area contributed by atoms with Crippen molar-refractivity contribution < 1.29 is 32.5 Å². The number of allylic oxidation sites excluding steroid dienone is 1. The summed E-state index contributed by atoms with van der Waals surface area (Å²) >= 11 is 0. The summed E-state index contributed by atoms with van der Waals surface area (Å²) in [6, 6.07) is 0. The SMILES string of the molecule is CC[C@H](CC[C@@H](C)[C@H]1CC[C@H]2[C@@H]3CC=C4C[C@@H](OC(=O)NCCOP(=O)(O)OCC[N+](C)(C)C)CC[C@]4(C)[C@H]3CC[C@]12C)C(C)C. The smallest absolute Gasteiger partial charge is 0.446 e. The van der Waals surface area contributed by atoms with Gasteiger partial charge in [0, 0.05) is 13.0 Å². The Morgan fingerprint density at radius 3 is 2.43 bits per heavy atom. The van der Waals surface area contributed by atoms with Crippen molar-refractivity contribution in [2.75, 3.05) is 47.4 Å². The maximum Gasteiger partial charge on any atom is 0.472 e. The van der Waals surface area contributed by atoms with Crippen LogP contribution in [-0.4, -0.2) is 69.0 Å². The molecule has 0 aromatic heterocycles. The molecule has 4 aliphatic rings. The minimum Gasteiger partial charge on any atom is -0.446 e. The van der Waals surface area contributed by atoms with E-state index in [-0.39, 0.29) is 31.3 Å². The molecule has 46 heavy (non-hydrogen) atoms. The average Bonchev–Trinajstić information content (AvgIpc) is 3.32. The number of alkyl carbamates (subject to hydrolysis) is 1. The van der Waals surface area contributed by atoms with E-state index in [1.54, 1.807) is 0 Å². The van der Waals surface area contributed by atoms with Crippen molar-refractivity contribution >= 4 is 13.9 Å². The molecule has 0 aliphatic heterocycles. The number of hydrogen-bond acceptors (Lipinski definition) is 5. The van der Waals surface area contributed by atoms with Crippen LogP contribution in [0.1, 0.15) is 112 Å². The van der Waals surface area contributed by atoms with Crippen LogP contribution in [0.4, 0.5) is 4.79 Å². The van der Waals surface area contributed by atoms with E-state index in [0.717, 1.165) is 60.7 Å². The first-order valence-corrected chi connectivity index (χ1v) is 20.0. The zero-order valence-electron chi connectivity index (χ0n) is 30.7. The van der Waals surface area contributed by atoms with E-state index in [1.165, 1.54) is 56.9 Å². The summed E-state index contributed by atoms with van der Waals surface area (Å²) in [5.74, 6) is 5.67. The number of hydrogen-bond donors (Lipinski definition) is 2. The fraction of sp³-hybridized carbons (Fsp3) is 0.919. The maximum absolute atomic E-state index is 12.6. The molecule has 1 amide bonds. The van der Waals surface area contributed by atoms with E-state index in [9.17, 15) is 14.3 Å². The summed E-state index contributed by atoms with van der Waals surface area (Å²) in [7, 11) is 1.78. The van der Waals surface area contributed by atoms with Crippen molar-refractivity contribution in [2.45, 2.75) is 118 Å². The molecule has 2 N–H and O–H groups in total. The fourth-order valence-corrected chi connectivity index (χ4v) is 11.1. The number of phosphoric ester groups is 1. The molecule has 0 heterocycles. The van der Waals surface area contributed by atoms with Crippen LogP contribution in [0.3, 0.4) is 0 Å². The van der Waals surface area contributed by atoms with Crippen LogP contribution in [0.25, 0.3) is 0 Å². The van der Waals surface area contributed by atoms with Crippen molar-refractivity contribution in [1.82, 2.24) is 5.32 Å². The molecule has 0 spiro atoms. The first-order valence-electron chi connectivity index (χ1n) is 18.6. The lowest BCUT2D eigenvalue weighted by Crippen LogP contribution is -2.51. The van der Waals surface area contributed by atoms with E-state index >= 15 is 0 Å². The number of nitrogens with zero attached hydrogens (tertiary/aromatic N) is 1. The monoisotopic (exact) mass is 667 g/mol. The zero-order chi connectivity index (χ0) is 33.9. The lowest BCUT2D eigenvalue weighted by Gasteiger charge is -2.58. The van der Waals surface area contributed by atoms with Crippen molar-refractivity contribution in [1.29, 1.82) is 0 Å². The molecule has 9 heteroatoms. The van der Waals surface area contributed by atoms with Gasteiger partial charge in [0.05, 0.1) is 27.7 Å². The zero-order valence-corrected chi connectivity index (χ0v) is 31.6. The maximum atomic E-state index is 12.6. The first kappa shape index (κ1) is 37.9. The highest BCUT2D eigenvalue weighted by Crippen LogP contribution is 2.67. The minimum atomic E-state index is -4.15. The lowest BCUT2D eigenvalue weighted by atomic mass is 9.47. The van der Waals surface area contributed by atoms with Crippen molar-refractivity contribution in [3.8, 4) is 0 Å². The van der Waals surface area contributed by atoms with Crippen LogP contribution >= 0.6 is 7.82 Å². The molecule has 0 radical (unpaired) electrons. The number of amides is 1. The van der Waals surface area contributed by atoms with E-state index in [4.69, 9.17) is 13.8 Å². The van der Waals surface area contributed by atoms with Gasteiger partial charge in [0.2, 0.25) is 0 Å². The normalized spacial score (nSPS) is 35.3. The molecular formula is C37H68N2O6P+. The van der Waals surface area contributed by atoms with Crippen molar-refractivity contribution in [3.05, 3.63) is 11.6 Å². The van der Waals surface area contributed by atoms with Crippen LogP contribution in [0.2, 0.25) is 0 Å². The number of ether oxygens (including phenoxy) is 1. The quantitative estimate of drug-likeness (QED) is 0.0786. The molecular weight excluding hydrogens is 599 g/mol. The standard InChI is InChI=1S/C37H67N2O6P/c1-10-28(26(2)3)12-11-27(4)32-15-16-33-31-14-13-29-25-30(17-19-36(29,5)34(31)18-20-37(32,33)6)45-35(40)38-21-23-43-46(41,42)44-24-22-39(7,8)9/h13,26-28,30-34H,10-12,14-25H2,1-9H3,(H-,38,40,41,42)/p+1/t27-,28-,30+,31+,32-,33+,34+,36+,37-/m1/s1. The van der Waals surface area contributed by atoms with E-state index in [1.807, 2.05) is 21.1 Å². The Morgan fingerprint density at radius 2 is 1.76 bits per heavy atom. The molecule has 3 saturated carbocycles. The molecule has 4 aliphatic carbocycles. The van der Waals surface area contributed by atoms with Crippen LogP contribution in [0.5, 0.6) is 0 Å². The van der Waals surface area contributed by atoms with Gasteiger partial charge in [-0.25, -0.2) is 9.36 Å². The van der Waals surface area contributed by atoms with Gasteiger partial charge in [0.1, 0.15) is 19.3 Å². The third-order valence-corrected chi connectivity index (χ3v) is 14.2. The van der Waals surface area contributed by atoms with E-state index in [2.05, 4.69) is 52.9 Å². The summed E-state index contributed by atoms with van der Waals surface area (Å²) < 4.78 is 28.6. The molecule has 10 atom stereocenters. The third-order valence-electron chi connectivity index (χ3n) is 13.2. The van der Waals surface area contributed by atoms with Crippen LogP contribution in [-0.2, 0) is 18.3 Å². The van der Waals surface area contributed by atoms with Gasteiger partial charge in [-0.05, 0) is 104 Å². The number of phosphoric acid groups is 1. The number of likely N-dealkylation sites (N-methyl/N-ethyl adjacent to an activating group) is 1. The Balaban J connectivity index is 1.26. The summed E-state index contributed by atoms with van der Waals surface area (Å²) in [4.78, 5) is 22.5. The third kappa shape index (κ3) is 9.00. The topological polar surface area (TPSA) is 94.1 Å². The average molecular weight is 668 g/mol. The molecule has 266 valence electrons.